The topological polar surface area (TPSA) is 88.2 Å². The van der Waals surface area contributed by atoms with Gasteiger partial charge in [0.25, 0.3) is 11.8 Å². The smallest absolute Gasteiger partial charge is 0.335 e. The first-order chi connectivity index (χ1) is 23.4. The zero-order valence-corrected chi connectivity index (χ0v) is 27.6. The number of hydrogen-bond acceptors (Lipinski definition) is 6. The zero-order valence-electron chi connectivity index (χ0n) is 26.9. The molecule has 1 fully saturated rings. The number of anilines is 2. The Balaban J connectivity index is 1.35. The van der Waals surface area contributed by atoms with Gasteiger partial charge in [-0.15, -0.1) is 0 Å². The van der Waals surface area contributed by atoms with Crippen LogP contribution in [-0.4, -0.2) is 44.7 Å². The van der Waals surface area contributed by atoms with Crippen LogP contribution in [0.1, 0.15) is 65.8 Å². The minimum atomic E-state index is -0.788. The summed E-state index contributed by atoms with van der Waals surface area (Å²) in [5, 5.41) is 2.68. The van der Waals surface area contributed by atoms with E-state index < -0.39 is 17.8 Å². The van der Waals surface area contributed by atoms with Gasteiger partial charge in [0.05, 0.1) is 24.4 Å². The summed E-state index contributed by atoms with van der Waals surface area (Å²) < 4.78 is 11.3. The molecule has 0 aromatic heterocycles. The molecule has 244 valence electrons. The van der Waals surface area contributed by atoms with Gasteiger partial charge in [0.1, 0.15) is 5.57 Å². The predicted molar refractivity (Wildman–Crippen MR) is 187 cm³/mol. The largest absolute Gasteiger partial charge is 0.493 e. The summed E-state index contributed by atoms with van der Waals surface area (Å²) in [7, 11) is 1.50. The number of barbiturate groups is 1. The highest BCUT2D eigenvalue weighted by atomic mass is 35.5. The van der Waals surface area contributed by atoms with Crippen LogP contribution in [-0.2, 0) is 9.59 Å². The molecule has 4 amide bonds. The lowest BCUT2D eigenvalue weighted by Crippen LogP contribution is -2.54. The van der Waals surface area contributed by atoms with Crippen molar-refractivity contribution >= 4 is 46.9 Å². The van der Waals surface area contributed by atoms with Gasteiger partial charge in [-0.2, -0.15) is 0 Å². The van der Waals surface area contributed by atoms with Gasteiger partial charge in [0.2, 0.25) is 0 Å². The predicted octanol–water partition coefficient (Wildman–Crippen LogP) is 7.68. The van der Waals surface area contributed by atoms with Crippen molar-refractivity contribution < 1.29 is 23.9 Å². The number of halogens is 1. The van der Waals surface area contributed by atoms with Crippen LogP contribution < -0.4 is 24.6 Å². The number of carbonyl (C=O) groups is 3. The molecule has 0 unspecified atom stereocenters. The average molecular weight is 662 g/mol. The zero-order chi connectivity index (χ0) is 33.4. The maximum atomic E-state index is 14.2. The maximum absolute atomic E-state index is 14.2. The first kappa shape index (κ1) is 31.5. The van der Waals surface area contributed by atoms with E-state index in [4.69, 9.17) is 21.1 Å². The van der Waals surface area contributed by atoms with E-state index in [0.717, 1.165) is 48.4 Å². The lowest BCUT2D eigenvalue weighted by Gasteiger charge is -2.44. The Bertz CT molecular complexity index is 1850. The van der Waals surface area contributed by atoms with Gasteiger partial charge in [-0.3, -0.25) is 14.9 Å². The maximum Gasteiger partial charge on any atom is 0.335 e. The van der Waals surface area contributed by atoms with Gasteiger partial charge in [0.15, 0.2) is 11.5 Å². The van der Waals surface area contributed by atoms with Crippen LogP contribution in [0.15, 0.2) is 90.5 Å². The lowest BCUT2D eigenvalue weighted by molar-refractivity contribution is -0.122. The first-order valence-corrected chi connectivity index (χ1v) is 16.7. The third-order valence-corrected chi connectivity index (χ3v) is 9.65. The van der Waals surface area contributed by atoms with Gasteiger partial charge in [-0.05, 0) is 77.4 Å². The van der Waals surface area contributed by atoms with Crippen LogP contribution in [0.3, 0.4) is 0 Å². The number of imide groups is 2. The lowest BCUT2D eigenvalue weighted by atomic mass is 9.76. The summed E-state index contributed by atoms with van der Waals surface area (Å²) in [4.78, 5) is 44.5. The molecule has 0 bridgehead atoms. The van der Waals surface area contributed by atoms with Gasteiger partial charge in [-0.25, -0.2) is 9.69 Å². The van der Waals surface area contributed by atoms with Crippen LogP contribution in [0.5, 0.6) is 11.5 Å². The van der Waals surface area contributed by atoms with Gasteiger partial charge in [-0.1, -0.05) is 79.2 Å². The Morgan fingerprint density at radius 3 is 2.04 bits per heavy atom. The monoisotopic (exact) mass is 661 g/mol. The Labute approximate surface area is 284 Å². The van der Waals surface area contributed by atoms with E-state index in [1.807, 2.05) is 55.5 Å². The molecule has 48 heavy (non-hydrogen) atoms. The van der Waals surface area contributed by atoms with Gasteiger partial charge in [0, 0.05) is 30.6 Å². The number of nitrogens with one attached hydrogen (secondary N) is 1. The molecule has 3 aliphatic rings. The van der Waals surface area contributed by atoms with Gasteiger partial charge < -0.3 is 14.4 Å². The number of carbonyl (C=O) groups excluding carboxylic acids is 3. The minimum absolute atomic E-state index is 0.0771. The van der Waals surface area contributed by atoms with Crippen LogP contribution in [0.25, 0.3) is 6.08 Å². The summed E-state index contributed by atoms with van der Waals surface area (Å²) in [5.74, 6) is -0.582. The molecule has 1 saturated heterocycles. The second-order valence-corrected chi connectivity index (χ2v) is 12.7. The van der Waals surface area contributed by atoms with Crippen LogP contribution in [0.2, 0.25) is 5.02 Å². The molecule has 0 radical (unpaired) electrons. The van der Waals surface area contributed by atoms with Crippen molar-refractivity contribution in [3.63, 3.8) is 0 Å². The molecule has 3 heterocycles. The molecule has 9 heteroatoms. The molecule has 8 nitrogen and oxygen atoms in total. The molecular formula is C39H36ClN3O5. The number of amides is 4. The second kappa shape index (κ2) is 13.2. The summed E-state index contributed by atoms with van der Waals surface area (Å²) in [6.45, 7) is 4.26. The quantitative estimate of drug-likeness (QED) is 0.154. The number of methoxy groups -OCH3 is 1. The molecule has 0 saturated carbocycles. The standard InChI is InChI=1S/C39H36ClN3O5/c1-3-18-48-36-33(40)20-24(21-34(36)47-2)19-32-37(44)41-39(46)43(38(32)45)27-22-30-28(25-10-6-4-7-11-25)14-16-42-17-15-29(31(23-27)35(30)42)26-12-8-5-9-13-26/h4-13,19-23,28-29H,3,14-18H2,1-2H3,(H,41,44,46)/b32-19+/t28-,29+. The second-order valence-electron chi connectivity index (χ2n) is 12.3. The van der Waals surface area contributed by atoms with E-state index in [1.165, 1.54) is 30.0 Å². The minimum Gasteiger partial charge on any atom is -0.493 e. The van der Waals surface area contributed by atoms with Crippen LogP contribution in [0.4, 0.5) is 16.2 Å². The van der Waals surface area contributed by atoms with Crippen molar-refractivity contribution in [2.45, 2.75) is 38.0 Å². The molecule has 4 aromatic rings. The first-order valence-electron chi connectivity index (χ1n) is 16.3. The normalized spacial score (nSPS) is 19.6. The van der Waals surface area contributed by atoms with Crippen molar-refractivity contribution in [2.75, 3.05) is 36.6 Å². The van der Waals surface area contributed by atoms with Crippen molar-refractivity contribution in [3.05, 3.63) is 123 Å². The molecule has 7 rings (SSSR count). The summed E-state index contributed by atoms with van der Waals surface area (Å²) >= 11 is 6.55. The average Bonchev–Trinajstić information content (AvgIpc) is 3.10. The summed E-state index contributed by atoms with van der Waals surface area (Å²) in [5.41, 5.74) is 6.36. The fourth-order valence-corrected chi connectivity index (χ4v) is 7.47. The van der Waals surface area contributed by atoms with E-state index in [-0.39, 0.29) is 22.4 Å². The molecule has 3 aliphatic heterocycles. The van der Waals surface area contributed by atoms with Crippen molar-refractivity contribution in [2.24, 2.45) is 0 Å². The summed E-state index contributed by atoms with van der Waals surface area (Å²) in [6.07, 6.45) is 4.02. The van der Waals surface area contributed by atoms with Crippen molar-refractivity contribution in [3.8, 4) is 11.5 Å². The number of hydrogen-bond donors (Lipinski definition) is 1. The number of rotatable bonds is 8. The van der Waals surface area contributed by atoms with Crippen molar-refractivity contribution in [1.82, 2.24) is 5.32 Å². The van der Waals surface area contributed by atoms with Crippen LogP contribution >= 0.6 is 11.6 Å². The van der Waals surface area contributed by atoms with E-state index in [2.05, 4.69) is 34.5 Å². The highest BCUT2D eigenvalue weighted by molar-refractivity contribution is 6.39. The third-order valence-electron chi connectivity index (χ3n) is 9.37. The number of nitrogens with zero attached hydrogens (tertiary/aromatic N) is 2. The van der Waals surface area contributed by atoms with E-state index in [9.17, 15) is 14.4 Å². The number of benzene rings is 4. The Kier molecular flexibility index (Phi) is 8.67. The SMILES string of the molecule is CCCOc1c(Cl)cc(/C=C2\C(=O)NC(=O)N(c3cc4c5c(c3)[C@H](c3ccccc3)CCN5CC[C@@H]4c3ccccc3)C2=O)cc1OC. The Morgan fingerprint density at radius 1 is 0.875 bits per heavy atom. The van der Waals surface area contributed by atoms with Crippen molar-refractivity contribution in [1.29, 1.82) is 0 Å². The third kappa shape index (κ3) is 5.70. The highest BCUT2D eigenvalue weighted by Gasteiger charge is 2.40. The van der Waals surface area contributed by atoms with Gasteiger partial charge >= 0.3 is 6.03 Å². The summed E-state index contributed by atoms with van der Waals surface area (Å²) in [6, 6.07) is 27.1. The Hall–Kier alpha value is -5.08. The van der Waals surface area contributed by atoms with E-state index >= 15 is 0 Å². The number of urea groups is 1. The fraction of sp³-hybridized carbons (Fsp3) is 0.256. The van der Waals surface area contributed by atoms with Crippen LogP contribution in [0, 0.1) is 0 Å². The molecule has 0 spiro atoms. The molecule has 4 aromatic carbocycles. The molecular weight excluding hydrogens is 626 g/mol. The molecule has 1 N–H and O–H groups in total. The molecule has 2 atom stereocenters. The van der Waals surface area contributed by atoms with E-state index in [1.54, 1.807) is 12.1 Å². The van der Waals surface area contributed by atoms with E-state index in [0.29, 0.717) is 29.4 Å². The Morgan fingerprint density at radius 2 is 1.48 bits per heavy atom. The fourth-order valence-electron chi connectivity index (χ4n) is 7.19. The molecule has 0 aliphatic carbocycles. The highest BCUT2D eigenvalue weighted by Crippen LogP contribution is 2.50. The number of ether oxygens (including phenoxy) is 2.